The molecule has 0 aliphatic rings. The molecule has 2 aromatic rings. The maximum Gasteiger partial charge on any atom is 0.0676 e. The van der Waals surface area contributed by atoms with Crippen molar-refractivity contribution < 1.29 is 0 Å². The van der Waals surface area contributed by atoms with Crippen LogP contribution in [0.15, 0.2) is 34.8 Å². The zero-order chi connectivity index (χ0) is 14.5. The molecular formula is C16H20BrN3. The lowest BCUT2D eigenvalue weighted by Crippen LogP contribution is -2.21. The van der Waals surface area contributed by atoms with Crippen LogP contribution in [-0.2, 0) is 12.8 Å². The van der Waals surface area contributed by atoms with Crippen LogP contribution in [0.5, 0.6) is 0 Å². The van der Waals surface area contributed by atoms with Gasteiger partial charge in [0.05, 0.1) is 11.4 Å². The number of nitrogens with one attached hydrogen (secondary N) is 1. The summed E-state index contributed by atoms with van der Waals surface area (Å²) in [5, 5.41) is 11.9. The third-order valence-corrected chi connectivity index (χ3v) is 4.24. The second-order valence-electron chi connectivity index (χ2n) is 4.88. The van der Waals surface area contributed by atoms with E-state index in [2.05, 4.69) is 62.6 Å². The van der Waals surface area contributed by atoms with Gasteiger partial charge in [0.15, 0.2) is 0 Å². The highest BCUT2D eigenvalue weighted by molar-refractivity contribution is 9.10. The number of hydrogen-bond donors (Lipinski definition) is 1. The second kappa shape index (κ2) is 6.95. The fourth-order valence-corrected chi connectivity index (χ4v) is 2.81. The Bertz CT molecular complexity index is 584. The number of rotatable bonds is 5. The fraction of sp³-hybridized carbons (Fsp3) is 0.375. The van der Waals surface area contributed by atoms with Gasteiger partial charge >= 0.3 is 0 Å². The van der Waals surface area contributed by atoms with Gasteiger partial charge < -0.3 is 5.32 Å². The molecule has 1 heterocycles. The molecule has 0 amide bonds. The Morgan fingerprint density at radius 2 is 2.00 bits per heavy atom. The predicted octanol–water partition coefficient (Wildman–Crippen LogP) is 3.61. The topological polar surface area (TPSA) is 37.8 Å². The molecule has 0 spiro atoms. The number of benzene rings is 1. The third kappa shape index (κ3) is 3.44. The van der Waals surface area contributed by atoms with Crippen molar-refractivity contribution in [1.82, 2.24) is 15.5 Å². The van der Waals surface area contributed by atoms with Crippen molar-refractivity contribution in [1.29, 1.82) is 0 Å². The third-order valence-electron chi connectivity index (χ3n) is 3.47. The maximum absolute atomic E-state index is 4.33. The van der Waals surface area contributed by atoms with Crippen LogP contribution in [0.1, 0.15) is 35.5 Å². The second-order valence-corrected chi connectivity index (χ2v) is 5.73. The lowest BCUT2D eigenvalue weighted by molar-refractivity contribution is 0.577. The lowest BCUT2D eigenvalue weighted by atomic mass is 9.97. The van der Waals surface area contributed by atoms with Gasteiger partial charge in [-0.15, -0.1) is 0 Å². The molecule has 0 saturated heterocycles. The molecule has 0 aliphatic carbocycles. The van der Waals surface area contributed by atoms with E-state index in [-0.39, 0.29) is 6.04 Å². The number of nitrogens with zero attached hydrogens (tertiary/aromatic N) is 2. The smallest absolute Gasteiger partial charge is 0.0676 e. The Hall–Kier alpha value is -1.26. The van der Waals surface area contributed by atoms with Crippen LogP contribution in [0, 0.1) is 6.92 Å². The Morgan fingerprint density at radius 1 is 1.25 bits per heavy atom. The highest BCUT2D eigenvalue weighted by Crippen LogP contribution is 2.25. The van der Waals surface area contributed by atoms with Crippen LogP contribution in [0.25, 0.3) is 0 Å². The molecule has 1 aromatic carbocycles. The molecular weight excluding hydrogens is 314 g/mol. The number of aromatic nitrogens is 2. The SMILES string of the molecule is CCc1nnc(C)cc1C(Cc1ccccc1Br)NC. The first kappa shape index (κ1) is 15.1. The monoisotopic (exact) mass is 333 g/mol. The van der Waals surface area contributed by atoms with Crippen LogP contribution >= 0.6 is 15.9 Å². The van der Waals surface area contributed by atoms with Gasteiger partial charge in [0.2, 0.25) is 0 Å². The van der Waals surface area contributed by atoms with E-state index in [1.54, 1.807) is 0 Å². The average molecular weight is 334 g/mol. The van der Waals surface area contributed by atoms with Gasteiger partial charge in [0.25, 0.3) is 0 Å². The Labute approximate surface area is 129 Å². The van der Waals surface area contributed by atoms with Crippen LogP contribution in [-0.4, -0.2) is 17.2 Å². The van der Waals surface area contributed by atoms with E-state index in [1.165, 1.54) is 11.1 Å². The van der Waals surface area contributed by atoms with Crippen molar-refractivity contribution in [3.05, 3.63) is 57.3 Å². The molecule has 0 aliphatic heterocycles. The van der Waals surface area contributed by atoms with Crippen molar-refractivity contribution >= 4 is 15.9 Å². The summed E-state index contributed by atoms with van der Waals surface area (Å²) in [6.07, 6.45) is 1.83. The number of halogens is 1. The molecule has 4 heteroatoms. The molecule has 2 rings (SSSR count). The number of aryl methyl sites for hydroxylation is 2. The molecule has 106 valence electrons. The Balaban J connectivity index is 2.33. The molecule has 1 aromatic heterocycles. The van der Waals surface area contributed by atoms with E-state index < -0.39 is 0 Å². The summed E-state index contributed by atoms with van der Waals surface area (Å²) in [4.78, 5) is 0. The first-order chi connectivity index (χ1) is 9.65. The standard InChI is InChI=1S/C16H20BrN3/c1-4-15-13(9-11(2)19-20-15)16(18-3)10-12-7-5-6-8-14(12)17/h5-9,16,18H,4,10H2,1-3H3. The van der Waals surface area contributed by atoms with Gasteiger partial charge in [-0.25, -0.2) is 0 Å². The van der Waals surface area contributed by atoms with Crippen molar-refractivity contribution in [3.63, 3.8) is 0 Å². The normalized spacial score (nSPS) is 12.4. The van der Waals surface area contributed by atoms with Crippen LogP contribution < -0.4 is 5.32 Å². The molecule has 1 atom stereocenters. The summed E-state index contributed by atoms with van der Waals surface area (Å²) in [5.41, 5.74) is 4.58. The van der Waals surface area contributed by atoms with E-state index in [1.807, 2.05) is 20.0 Å². The van der Waals surface area contributed by atoms with E-state index in [0.29, 0.717) is 0 Å². The molecule has 0 fully saturated rings. The van der Waals surface area contributed by atoms with Crippen LogP contribution in [0.2, 0.25) is 0 Å². The zero-order valence-corrected chi connectivity index (χ0v) is 13.7. The molecule has 0 bridgehead atoms. The summed E-state index contributed by atoms with van der Waals surface area (Å²) in [6, 6.07) is 10.7. The van der Waals surface area contributed by atoms with Gasteiger partial charge in [0, 0.05) is 10.5 Å². The minimum absolute atomic E-state index is 0.248. The minimum atomic E-state index is 0.248. The number of likely N-dealkylation sites (N-methyl/N-ethyl adjacent to an activating group) is 1. The molecule has 0 saturated carbocycles. The minimum Gasteiger partial charge on any atom is -0.313 e. The molecule has 3 nitrogen and oxygen atoms in total. The van der Waals surface area contributed by atoms with Gasteiger partial charge in [-0.2, -0.15) is 10.2 Å². The first-order valence-electron chi connectivity index (χ1n) is 6.89. The summed E-state index contributed by atoms with van der Waals surface area (Å²) >= 11 is 3.62. The summed E-state index contributed by atoms with van der Waals surface area (Å²) < 4.78 is 1.15. The van der Waals surface area contributed by atoms with Crippen molar-refractivity contribution in [2.45, 2.75) is 32.7 Å². The Kier molecular flexibility index (Phi) is 5.26. The quantitative estimate of drug-likeness (QED) is 0.908. The largest absolute Gasteiger partial charge is 0.313 e. The first-order valence-corrected chi connectivity index (χ1v) is 7.68. The van der Waals surface area contributed by atoms with Gasteiger partial charge in [-0.1, -0.05) is 41.1 Å². The summed E-state index contributed by atoms with van der Waals surface area (Å²) in [7, 11) is 2.00. The van der Waals surface area contributed by atoms with Gasteiger partial charge in [-0.05, 0) is 50.1 Å². The highest BCUT2D eigenvalue weighted by Gasteiger charge is 2.16. The highest BCUT2D eigenvalue weighted by atomic mass is 79.9. The maximum atomic E-state index is 4.33. The molecule has 20 heavy (non-hydrogen) atoms. The van der Waals surface area contributed by atoms with Gasteiger partial charge in [-0.3, -0.25) is 0 Å². The molecule has 1 N–H and O–H groups in total. The number of hydrogen-bond acceptors (Lipinski definition) is 3. The van der Waals surface area contributed by atoms with Crippen LogP contribution in [0.3, 0.4) is 0 Å². The van der Waals surface area contributed by atoms with E-state index in [0.717, 1.165) is 28.7 Å². The van der Waals surface area contributed by atoms with E-state index >= 15 is 0 Å². The lowest BCUT2D eigenvalue weighted by Gasteiger charge is -2.20. The summed E-state index contributed by atoms with van der Waals surface area (Å²) in [6.45, 7) is 4.11. The Morgan fingerprint density at radius 3 is 2.65 bits per heavy atom. The van der Waals surface area contributed by atoms with Crippen molar-refractivity contribution in [3.8, 4) is 0 Å². The molecule has 0 radical (unpaired) electrons. The van der Waals surface area contributed by atoms with Gasteiger partial charge in [0.1, 0.15) is 0 Å². The zero-order valence-electron chi connectivity index (χ0n) is 12.2. The van der Waals surface area contributed by atoms with E-state index in [4.69, 9.17) is 0 Å². The van der Waals surface area contributed by atoms with Crippen molar-refractivity contribution in [2.75, 3.05) is 7.05 Å². The molecule has 1 unspecified atom stereocenters. The average Bonchev–Trinajstić information content (AvgIpc) is 2.46. The predicted molar refractivity (Wildman–Crippen MR) is 85.8 cm³/mol. The van der Waals surface area contributed by atoms with Crippen molar-refractivity contribution in [2.24, 2.45) is 0 Å². The summed E-state index contributed by atoms with van der Waals surface area (Å²) in [5.74, 6) is 0. The van der Waals surface area contributed by atoms with Crippen LogP contribution in [0.4, 0.5) is 0 Å². The van der Waals surface area contributed by atoms with E-state index in [9.17, 15) is 0 Å². The fourth-order valence-electron chi connectivity index (χ4n) is 2.36.